The van der Waals surface area contributed by atoms with Crippen LogP contribution in [0, 0.1) is 6.92 Å². The molecule has 0 radical (unpaired) electrons. The van der Waals surface area contributed by atoms with Gasteiger partial charge in [-0.2, -0.15) is 0 Å². The van der Waals surface area contributed by atoms with E-state index < -0.39 is 0 Å². The number of methoxy groups -OCH3 is 1. The fourth-order valence-corrected chi connectivity index (χ4v) is 2.93. The Hall–Kier alpha value is -1.02. The Labute approximate surface area is 169 Å². The van der Waals surface area contributed by atoms with Crippen LogP contribution in [0.2, 0.25) is 0 Å². The largest absolute Gasteiger partial charge is 0.490 e. The molecule has 0 heterocycles. The highest BCUT2D eigenvalue weighted by molar-refractivity contribution is 14.0. The lowest BCUT2D eigenvalue weighted by molar-refractivity contribution is 0.195. The van der Waals surface area contributed by atoms with Crippen LogP contribution in [-0.4, -0.2) is 39.4 Å². The topological polar surface area (TPSA) is 54.9 Å². The van der Waals surface area contributed by atoms with E-state index in [-0.39, 0.29) is 24.0 Å². The van der Waals surface area contributed by atoms with E-state index in [9.17, 15) is 0 Å². The number of nitrogens with zero attached hydrogens (tertiary/aromatic N) is 1. The lowest BCUT2D eigenvalue weighted by Gasteiger charge is -2.18. The summed E-state index contributed by atoms with van der Waals surface area (Å²) in [5, 5.41) is 6.66. The Bertz CT molecular complexity index is 531. The maximum absolute atomic E-state index is 6.25. The number of benzene rings is 1. The number of rotatable bonds is 8. The van der Waals surface area contributed by atoms with Gasteiger partial charge in [0, 0.05) is 39.4 Å². The van der Waals surface area contributed by atoms with Gasteiger partial charge in [-0.05, 0) is 50.7 Å². The van der Waals surface area contributed by atoms with E-state index in [2.05, 4.69) is 40.7 Å². The second-order valence-corrected chi connectivity index (χ2v) is 6.33. The number of ether oxygens (including phenoxy) is 2. The van der Waals surface area contributed by atoms with Gasteiger partial charge in [0.2, 0.25) is 0 Å². The molecular weight excluding hydrogens is 429 g/mol. The Morgan fingerprint density at radius 3 is 2.68 bits per heavy atom. The van der Waals surface area contributed by atoms with Gasteiger partial charge in [0.1, 0.15) is 5.75 Å². The molecule has 0 saturated heterocycles. The van der Waals surface area contributed by atoms with Crippen molar-refractivity contribution in [3.8, 4) is 5.75 Å². The van der Waals surface area contributed by atoms with E-state index in [1.54, 1.807) is 14.2 Å². The molecule has 0 unspecified atom stereocenters. The summed E-state index contributed by atoms with van der Waals surface area (Å²) in [5.74, 6) is 1.81. The number of halogens is 1. The van der Waals surface area contributed by atoms with Crippen molar-refractivity contribution in [2.45, 2.75) is 51.7 Å². The highest BCUT2D eigenvalue weighted by Gasteiger charge is 2.18. The van der Waals surface area contributed by atoms with Crippen LogP contribution in [0.1, 0.15) is 43.2 Å². The molecule has 1 saturated carbocycles. The molecule has 2 rings (SSSR count). The van der Waals surface area contributed by atoms with Gasteiger partial charge in [0.15, 0.2) is 5.96 Å². The molecular formula is C19H32IN3O2. The van der Waals surface area contributed by atoms with Crippen molar-refractivity contribution in [3.63, 3.8) is 0 Å². The van der Waals surface area contributed by atoms with Gasteiger partial charge in [-0.1, -0.05) is 12.1 Å². The number of hydrogen-bond acceptors (Lipinski definition) is 3. The zero-order chi connectivity index (χ0) is 17.2. The molecule has 1 aliphatic carbocycles. The van der Waals surface area contributed by atoms with Gasteiger partial charge < -0.3 is 20.1 Å². The first-order valence-electron chi connectivity index (χ1n) is 8.92. The van der Waals surface area contributed by atoms with Crippen LogP contribution in [0.15, 0.2) is 23.2 Å². The summed E-state index contributed by atoms with van der Waals surface area (Å²) in [6.45, 7) is 4.40. The highest BCUT2D eigenvalue weighted by atomic mass is 127. The molecule has 1 aliphatic rings. The normalized spacial score (nSPS) is 14.9. The Kier molecular flexibility index (Phi) is 10.9. The third kappa shape index (κ3) is 7.81. The van der Waals surface area contributed by atoms with Crippen molar-refractivity contribution in [3.05, 3.63) is 29.3 Å². The fourth-order valence-electron chi connectivity index (χ4n) is 2.93. The van der Waals surface area contributed by atoms with E-state index in [1.807, 2.05) is 0 Å². The van der Waals surface area contributed by atoms with Crippen LogP contribution in [0.5, 0.6) is 5.75 Å². The van der Waals surface area contributed by atoms with Gasteiger partial charge in [-0.15, -0.1) is 24.0 Å². The van der Waals surface area contributed by atoms with Crippen LogP contribution in [0.3, 0.4) is 0 Å². The van der Waals surface area contributed by atoms with Crippen molar-refractivity contribution in [1.82, 2.24) is 10.6 Å². The third-order valence-corrected chi connectivity index (χ3v) is 4.31. The van der Waals surface area contributed by atoms with E-state index in [1.165, 1.54) is 36.8 Å². The molecule has 1 aromatic carbocycles. The maximum atomic E-state index is 6.25. The van der Waals surface area contributed by atoms with Gasteiger partial charge in [0.25, 0.3) is 0 Å². The predicted octanol–water partition coefficient (Wildman–Crippen LogP) is 3.64. The number of aryl methyl sites for hydroxylation is 1. The molecule has 6 heteroatoms. The summed E-state index contributed by atoms with van der Waals surface area (Å²) in [6.07, 6.45) is 6.23. The number of guanidine groups is 1. The molecule has 25 heavy (non-hydrogen) atoms. The van der Waals surface area contributed by atoms with Gasteiger partial charge in [0.05, 0.1) is 6.10 Å². The van der Waals surface area contributed by atoms with E-state index in [4.69, 9.17) is 9.47 Å². The molecule has 0 spiro atoms. The first-order chi connectivity index (χ1) is 11.7. The average molecular weight is 461 g/mol. The molecule has 142 valence electrons. The van der Waals surface area contributed by atoms with Crippen LogP contribution in [0.4, 0.5) is 0 Å². The van der Waals surface area contributed by atoms with E-state index in [0.29, 0.717) is 12.6 Å². The summed E-state index contributed by atoms with van der Waals surface area (Å²) in [4.78, 5) is 4.26. The molecule has 2 N–H and O–H groups in total. The van der Waals surface area contributed by atoms with Crippen LogP contribution in [0.25, 0.3) is 0 Å². The summed E-state index contributed by atoms with van der Waals surface area (Å²) in [7, 11) is 3.51. The SMILES string of the molecule is CN=C(NCCCOC)NCc1ccc(C)cc1OC1CCCC1.I. The van der Waals surface area contributed by atoms with Crippen molar-refractivity contribution in [2.75, 3.05) is 27.3 Å². The van der Waals surface area contributed by atoms with Crippen molar-refractivity contribution >= 4 is 29.9 Å². The predicted molar refractivity (Wildman–Crippen MR) is 114 cm³/mol. The van der Waals surface area contributed by atoms with E-state index >= 15 is 0 Å². The molecule has 1 aromatic rings. The summed E-state index contributed by atoms with van der Waals surface area (Å²) in [5.41, 5.74) is 2.40. The van der Waals surface area contributed by atoms with Gasteiger partial charge in [-0.3, -0.25) is 4.99 Å². The molecule has 0 atom stereocenters. The second-order valence-electron chi connectivity index (χ2n) is 6.33. The standard InChI is InChI=1S/C19H31N3O2.HI/c1-15-9-10-16(18(13-15)24-17-7-4-5-8-17)14-22-19(20-2)21-11-6-12-23-3;/h9-10,13,17H,4-8,11-12,14H2,1-3H3,(H2,20,21,22);1H. The van der Waals surface area contributed by atoms with Crippen molar-refractivity contribution in [1.29, 1.82) is 0 Å². The zero-order valence-electron chi connectivity index (χ0n) is 15.6. The van der Waals surface area contributed by atoms with Crippen molar-refractivity contribution < 1.29 is 9.47 Å². The number of hydrogen-bond donors (Lipinski definition) is 2. The molecule has 1 fully saturated rings. The quantitative estimate of drug-likeness (QED) is 0.269. The van der Waals surface area contributed by atoms with Crippen molar-refractivity contribution in [2.24, 2.45) is 4.99 Å². The third-order valence-electron chi connectivity index (χ3n) is 4.31. The van der Waals surface area contributed by atoms with Crippen LogP contribution in [-0.2, 0) is 11.3 Å². The Morgan fingerprint density at radius 1 is 1.24 bits per heavy atom. The van der Waals surface area contributed by atoms with E-state index in [0.717, 1.165) is 31.3 Å². The monoisotopic (exact) mass is 461 g/mol. The minimum absolute atomic E-state index is 0. The minimum atomic E-state index is 0. The highest BCUT2D eigenvalue weighted by Crippen LogP contribution is 2.27. The summed E-state index contributed by atoms with van der Waals surface area (Å²) < 4.78 is 11.3. The molecule has 5 nitrogen and oxygen atoms in total. The molecule has 0 aromatic heterocycles. The minimum Gasteiger partial charge on any atom is -0.490 e. The number of nitrogens with one attached hydrogen (secondary N) is 2. The second kappa shape index (κ2) is 12.4. The maximum Gasteiger partial charge on any atom is 0.191 e. The lowest BCUT2D eigenvalue weighted by Crippen LogP contribution is -2.37. The van der Waals surface area contributed by atoms with Gasteiger partial charge >= 0.3 is 0 Å². The average Bonchev–Trinajstić information content (AvgIpc) is 3.09. The Morgan fingerprint density at radius 2 is 2.00 bits per heavy atom. The Balaban J connectivity index is 0.00000312. The first-order valence-corrected chi connectivity index (χ1v) is 8.92. The summed E-state index contributed by atoms with van der Waals surface area (Å²) >= 11 is 0. The molecule has 0 aliphatic heterocycles. The molecule has 0 amide bonds. The van der Waals surface area contributed by atoms with Crippen LogP contribution >= 0.6 is 24.0 Å². The zero-order valence-corrected chi connectivity index (χ0v) is 18.0. The summed E-state index contributed by atoms with van der Waals surface area (Å²) in [6, 6.07) is 6.42. The number of aliphatic imine (C=N–C) groups is 1. The fraction of sp³-hybridized carbons (Fsp3) is 0.632. The lowest BCUT2D eigenvalue weighted by atomic mass is 10.1. The van der Waals surface area contributed by atoms with Crippen LogP contribution < -0.4 is 15.4 Å². The smallest absolute Gasteiger partial charge is 0.191 e. The molecule has 0 bridgehead atoms. The van der Waals surface area contributed by atoms with Gasteiger partial charge in [-0.25, -0.2) is 0 Å². The first kappa shape index (κ1) is 22.0.